The van der Waals surface area contributed by atoms with Gasteiger partial charge in [-0.05, 0) is 117 Å². The van der Waals surface area contributed by atoms with E-state index in [1.165, 1.54) is 123 Å². The van der Waals surface area contributed by atoms with Gasteiger partial charge in [0.1, 0.15) is 24.0 Å². The minimum absolute atomic E-state index is 0.0687. The van der Waals surface area contributed by atoms with Gasteiger partial charge in [0.15, 0.2) is 0 Å². The Morgan fingerprint density at radius 3 is 1.02 bits per heavy atom. The smallest absolute Gasteiger partial charge is 0.269 e. The largest absolute Gasteiger partial charge is 0.349 e. The summed E-state index contributed by atoms with van der Waals surface area (Å²) < 4.78 is 0. The molecule has 0 aliphatic carbocycles. The number of hydrogen-bond donors (Lipinski definition) is 14. The fourth-order valence-corrected chi connectivity index (χ4v) is 10.2. The van der Waals surface area contributed by atoms with E-state index in [9.17, 15) is 83.1 Å². The molecule has 0 aliphatic heterocycles. The molecule has 35 nitrogen and oxygen atoms in total. The molecule has 3 aromatic carbocycles. The molecule has 0 radical (unpaired) electrons. The molecule has 102 heavy (non-hydrogen) atoms. The monoisotopic (exact) mass is 1480 g/mol. The first kappa shape index (κ1) is 92.6. The second-order valence-electron chi connectivity index (χ2n) is 24.8. The zero-order chi connectivity index (χ0) is 77.9. The van der Waals surface area contributed by atoms with Crippen LogP contribution in [0, 0.1) is 77.7 Å². The topological polar surface area (TPSA) is 522 Å². The van der Waals surface area contributed by atoms with Gasteiger partial charge in [-0.25, -0.2) is 21.9 Å². The molecule has 11 amide bonds. The summed E-state index contributed by atoms with van der Waals surface area (Å²) in [5, 5.41) is 82.9. The van der Waals surface area contributed by atoms with Crippen molar-refractivity contribution >= 4 is 123 Å². The molecule has 0 saturated heterocycles. The van der Waals surface area contributed by atoms with Crippen molar-refractivity contribution in [3.63, 3.8) is 0 Å². The van der Waals surface area contributed by atoms with Crippen molar-refractivity contribution < 1.29 is 88.3 Å². The zero-order valence-electron chi connectivity index (χ0n) is 59.6. The number of hydrogen-bond acceptors (Lipinski definition) is 23. The average Bonchev–Trinajstić information content (AvgIpc) is 0.863. The van der Waals surface area contributed by atoms with E-state index in [2.05, 4.69) is 31.9 Å². The summed E-state index contributed by atoms with van der Waals surface area (Å²) >= 11 is 2.97. The predicted molar refractivity (Wildman–Crippen MR) is 381 cm³/mol. The van der Waals surface area contributed by atoms with Gasteiger partial charge in [0.25, 0.3) is 23.0 Å². The van der Waals surface area contributed by atoms with Gasteiger partial charge in [0, 0.05) is 104 Å². The lowest BCUT2D eigenvalue weighted by Crippen LogP contribution is -2.49. The van der Waals surface area contributed by atoms with Crippen molar-refractivity contribution in [3.8, 4) is 0 Å². The maximum atomic E-state index is 12.7. The second-order valence-corrected chi connectivity index (χ2v) is 26.8. The normalized spacial score (nSPS) is 12.9. The van der Waals surface area contributed by atoms with Crippen LogP contribution in [0.2, 0.25) is 0 Å². The molecule has 0 saturated carbocycles. The molecular weight excluding hydrogens is 1380 g/mol. The molecule has 3 rings (SSSR count). The summed E-state index contributed by atoms with van der Waals surface area (Å²) in [4.78, 5) is 165. The number of carbonyl (C=O) groups is 11. The zero-order valence-corrected chi connectivity index (χ0v) is 61.2. The third-order valence-electron chi connectivity index (χ3n) is 14.9. The molecule has 37 heteroatoms. The molecule has 0 bridgehead atoms. The fourth-order valence-electron chi connectivity index (χ4n) is 9.19. The van der Waals surface area contributed by atoms with Crippen LogP contribution in [0.1, 0.15) is 127 Å². The van der Waals surface area contributed by atoms with Crippen LogP contribution in [-0.4, -0.2) is 162 Å². The molecule has 14 N–H and O–H groups in total. The molecule has 0 fully saturated rings. The summed E-state index contributed by atoms with van der Waals surface area (Å²) in [5.41, 5.74) is 6.86. The quantitative estimate of drug-likeness (QED) is 0.0120. The minimum Gasteiger partial charge on any atom is -0.349 e. The number of unbranched alkanes of at least 4 members (excludes halogenated alkanes) is 1. The SMILES string of the molecule is CC(C(=O)NO)C(C)C(=O)N(C)C.CCCC[C@H](CC(=O)NO)C(=O)N[C@@H](CC(C)C)C(=O)Nc1ccc([N+](=O)[O-])cc1.CSCCC(C(=O)NO)C(=O)N[C@@H](CC(C)C)C(=O)Nc1ccc([N+](=O)[O-])cc1.CSCC[C@H](CC(=O)NO)C(=O)N[C@@H](CC(C)C)C(=O)Nc1ccc([N+](=O)[O-])cc1. The van der Waals surface area contributed by atoms with Gasteiger partial charge in [0.2, 0.25) is 59.1 Å². The molecule has 3 unspecified atom stereocenters. The van der Waals surface area contributed by atoms with E-state index in [1.54, 1.807) is 27.9 Å². The summed E-state index contributed by atoms with van der Waals surface area (Å²) in [6.45, 7) is 16.6. The highest BCUT2D eigenvalue weighted by atomic mass is 32.2. The van der Waals surface area contributed by atoms with Gasteiger partial charge < -0.3 is 36.8 Å². The Morgan fingerprint density at radius 2 is 0.745 bits per heavy atom. The standard InChI is InChI=1S/C20H30N4O6.C19H28N4O6S.C18H26N4O6S.C8H16N2O3/c1-4-5-6-14(12-18(25)23-28)19(26)22-17(11-13(2)3)20(27)21-15-7-9-16(10-8-15)24(29)30;1-12(2)10-16(19(26)20-14-4-6-15(7-5-14)23(28)29)21-18(25)13(8-9-30-3)11-17(24)22-27;1-11(2)10-15(20-16(23)14(8-9-29-3)17(24)21-26)18(25)19-12-4-6-13(7-5-12)22(27)28;1-5(7(11)9-13)6(2)8(12)10(3)4/h7-10,13-14,17,28H,4-6,11-12H2,1-3H3,(H,21,27)(H,22,26)(H,23,25);4-7,12-13,16,27H,8-11H2,1-3H3,(H,20,26)(H,21,25)(H,22,24);4-7,11,14-15,26H,8-10H2,1-3H3,(H,19,25)(H,20,23)(H,21,24);5-6,13H,1-4H3,(H,9,11)/t14-,17+;13-,16+;14?,15-;/m110./s1. The first-order chi connectivity index (χ1) is 47.9. The van der Waals surface area contributed by atoms with Crippen LogP contribution in [-0.2, 0) is 52.7 Å². The van der Waals surface area contributed by atoms with Crippen molar-refractivity contribution in [1.82, 2.24) is 42.8 Å². The number of nitro benzene ring substituents is 3. The van der Waals surface area contributed by atoms with Crippen molar-refractivity contribution in [2.45, 2.75) is 145 Å². The lowest BCUT2D eigenvalue weighted by atomic mass is 9.94. The Morgan fingerprint density at radius 1 is 0.431 bits per heavy atom. The van der Waals surface area contributed by atoms with Gasteiger partial charge in [-0.1, -0.05) is 75.2 Å². The third-order valence-corrected chi connectivity index (χ3v) is 16.2. The van der Waals surface area contributed by atoms with Crippen LogP contribution < -0.4 is 53.8 Å². The Bertz CT molecular complexity index is 3080. The Hall–Kier alpha value is -9.43. The molecule has 568 valence electrons. The molecule has 8 atom stereocenters. The number of carbonyl (C=O) groups excluding carboxylic acids is 11. The number of nitro groups is 3. The van der Waals surface area contributed by atoms with Crippen LogP contribution in [0.5, 0.6) is 0 Å². The highest BCUT2D eigenvalue weighted by Gasteiger charge is 2.33. The Balaban J connectivity index is 0.00000138. The summed E-state index contributed by atoms with van der Waals surface area (Å²) in [7, 11) is 3.25. The van der Waals surface area contributed by atoms with E-state index >= 15 is 0 Å². The van der Waals surface area contributed by atoms with Crippen LogP contribution in [0.25, 0.3) is 0 Å². The lowest BCUT2D eigenvalue weighted by molar-refractivity contribution is -0.385. The highest BCUT2D eigenvalue weighted by molar-refractivity contribution is 7.98. The number of rotatable bonds is 38. The maximum absolute atomic E-state index is 12.7. The predicted octanol–water partition coefficient (Wildman–Crippen LogP) is 6.89. The number of nitrogens with zero attached hydrogens (tertiary/aromatic N) is 4. The molecular formula is C65H100N14O21S2. The number of thioether (sulfide) groups is 2. The fraction of sp³-hybridized carbons (Fsp3) is 0.554. The first-order valence-electron chi connectivity index (χ1n) is 32.5. The second kappa shape index (κ2) is 50.0. The minimum atomic E-state index is -1.13. The van der Waals surface area contributed by atoms with Gasteiger partial charge in [0.05, 0.1) is 14.8 Å². The van der Waals surface area contributed by atoms with Crippen LogP contribution >= 0.6 is 23.5 Å². The number of anilines is 3. The number of hydroxylamine groups is 4. The lowest BCUT2D eigenvalue weighted by Gasteiger charge is -2.23. The van der Waals surface area contributed by atoms with Gasteiger partial charge in [-0.3, -0.25) is 104 Å². The van der Waals surface area contributed by atoms with Crippen molar-refractivity contribution in [2.75, 3.05) is 54.1 Å². The average molecular weight is 1480 g/mol. The maximum Gasteiger partial charge on any atom is 0.269 e. The van der Waals surface area contributed by atoms with Crippen molar-refractivity contribution in [3.05, 3.63) is 103 Å². The van der Waals surface area contributed by atoms with E-state index < -0.39 is 122 Å². The van der Waals surface area contributed by atoms with E-state index in [1.807, 2.05) is 61.0 Å². The van der Waals surface area contributed by atoms with Crippen LogP contribution in [0.15, 0.2) is 72.8 Å². The van der Waals surface area contributed by atoms with E-state index in [4.69, 9.17) is 20.8 Å². The van der Waals surface area contributed by atoms with E-state index in [-0.39, 0.29) is 60.0 Å². The summed E-state index contributed by atoms with van der Waals surface area (Å²) in [6, 6.07) is 13.5. The van der Waals surface area contributed by atoms with Gasteiger partial charge >= 0.3 is 0 Å². The Labute approximate surface area is 600 Å². The van der Waals surface area contributed by atoms with Crippen LogP contribution in [0.3, 0.4) is 0 Å². The number of benzene rings is 3. The third kappa shape index (κ3) is 36.8. The van der Waals surface area contributed by atoms with E-state index in [0.29, 0.717) is 60.7 Å². The Kier molecular flexibility index (Phi) is 45.4. The molecule has 0 aromatic heterocycles. The summed E-state index contributed by atoms with van der Waals surface area (Å²) in [5.74, 6) is -7.80. The van der Waals surface area contributed by atoms with E-state index in [0.717, 1.165) is 12.8 Å². The molecule has 0 aliphatic rings. The number of non-ortho nitro benzene ring substituents is 3. The van der Waals surface area contributed by atoms with Gasteiger partial charge in [-0.15, -0.1) is 0 Å². The molecule has 0 spiro atoms. The molecule has 0 heterocycles. The molecule has 3 aromatic rings. The first-order valence-corrected chi connectivity index (χ1v) is 35.2. The van der Waals surface area contributed by atoms with Crippen LogP contribution in [0.4, 0.5) is 34.1 Å². The highest BCUT2D eigenvalue weighted by Crippen LogP contribution is 2.23. The van der Waals surface area contributed by atoms with Crippen molar-refractivity contribution in [2.24, 2.45) is 47.3 Å². The van der Waals surface area contributed by atoms with Crippen molar-refractivity contribution in [1.29, 1.82) is 0 Å². The van der Waals surface area contributed by atoms with Gasteiger partial charge in [-0.2, -0.15) is 23.5 Å². The summed E-state index contributed by atoms with van der Waals surface area (Å²) in [6.07, 6.45) is 7.02. The number of nitrogens with one attached hydrogen (secondary N) is 10. The number of amides is 11.